The summed E-state index contributed by atoms with van der Waals surface area (Å²) in [6.07, 6.45) is 6.26. The van der Waals surface area contributed by atoms with Crippen LogP contribution in [0.15, 0.2) is 30.0 Å². The summed E-state index contributed by atoms with van der Waals surface area (Å²) in [6.45, 7) is 0. The molecule has 0 spiro atoms. The molecule has 1 heterocycles. The second kappa shape index (κ2) is 5.83. The second-order valence-corrected chi connectivity index (χ2v) is 6.36. The summed E-state index contributed by atoms with van der Waals surface area (Å²) < 4.78 is 13.0. The molecule has 1 aliphatic carbocycles. The van der Waals surface area contributed by atoms with Gasteiger partial charge in [-0.3, -0.25) is 0 Å². The standard InChI is InChI=1S/C16H19IO2/c1-18-16-13-10-6-5-9-12(13)14(17)15(19-16)11-7-3-2-4-8-11/h5-6,9-11,16H,2-4,7-8H2,1H3. The Labute approximate surface area is 128 Å². The molecule has 0 bridgehead atoms. The van der Waals surface area contributed by atoms with E-state index in [0.29, 0.717) is 5.92 Å². The van der Waals surface area contributed by atoms with Crippen molar-refractivity contribution in [2.24, 2.45) is 5.92 Å². The van der Waals surface area contributed by atoms with E-state index in [1.54, 1.807) is 7.11 Å². The van der Waals surface area contributed by atoms with E-state index < -0.39 is 0 Å². The van der Waals surface area contributed by atoms with Crippen molar-refractivity contribution in [1.29, 1.82) is 0 Å². The highest BCUT2D eigenvalue weighted by molar-refractivity contribution is 14.1. The molecule has 1 aliphatic heterocycles. The Morgan fingerprint density at radius 3 is 2.63 bits per heavy atom. The molecule has 1 saturated carbocycles. The Kier molecular flexibility index (Phi) is 4.12. The third-order valence-electron chi connectivity index (χ3n) is 4.09. The molecule has 19 heavy (non-hydrogen) atoms. The number of hydrogen-bond donors (Lipinski definition) is 0. The smallest absolute Gasteiger partial charge is 0.226 e. The molecule has 0 N–H and O–H groups in total. The molecule has 1 aromatic rings. The third kappa shape index (κ3) is 2.55. The maximum Gasteiger partial charge on any atom is 0.226 e. The number of halogens is 1. The predicted molar refractivity (Wildman–Crippen MR) is 84.8 cm³/mol. The molecule has 2 aliphatic rings. The highest BCUT2D eigenvalue weighted by atomic mass is 127. The molecule has 0 aromatic heterocycles. The summed E-state index contributed by atoms with van der Waals surface area (Å²) >= 11 is 2.44. The van der Waals surface area contributed by atoms with Crippen LogP contribution in [0.5, 0.6) is 0 Å². The van der Waals surface area contributed by atoms with Gasteiger partial charge < -0.3 is 9.47 Å². The van der Waals surface area contributed by atoms with Gasteiger partial charge in [0.05, 0.1) is 3.58 Å². The zero-order valence-electron chi connectivity index (χ0n) is 11.2. The summed E-state index contributed by atoms with van der Waals surface area (Å²) in [5, 5.41) is 0. The van der Waals surface area contributed by atoms with Crippen molar-refractivity contribution in [1.82, 2.24) is 0 Å². The molecule has 0 radical (unpaired) electrons. The van der Waals surface area contributed by atoms with Crippen molar-refractivity contribution in [3.05, 3.63) is 41.2 Å². The SMILES string of the molecule is COC1OC(C2CCCCC2)=C(I)c2ccccc21. The van der Waals surface area contributed by atoms with Gasteiger partial charge in [-0.05, 0) is 35.4 Å². The quantitative estimate of drug-likeness (QED) is 0.679. The van der Waals surface area contributed by atoms with Gasteiger partial charge in [0, 0.05) is 24.2 Å². The maximum absolute atomic E-state index is 6.16. The molecule has 102 valence electrons. The fourth-order valence-corrected chi connectivity index (χ4v) is 4.14. The molecule has 1 fully saturated rings. The molecular weight excluding hydrogens is 351 g/mol. The lowest BCUT2D eigenvalue weighted by Crippen LogP contribution is -2.20. The van der Waals surface area contributed by atoms with E-state index in [9.17, 15) is 0 Å². The van der Waals surface area contributed by atoms with Crippen LogP contribution in [-0.4, -0.2) is 7.11 Å². The summed E-state index contributed by atoms with van der Waals surface area (Å²) in [6, 6.07) is 8.41. The zero-order chi connectivity index (χ0) is 13.2. The number of allylic oxidation sites excluding steroid dienone is 1. The van der Waals surface area contributed by atoms with Gasteiger partial charge in [-0.25, -0.2) is 0 Å². The Hall–Kier alpha value is -0.550. The van der Waals surface area contributed by atoms with Crippen molar-refractivity contribution in [2.45, 2.75) is 38.4 Å². The van der Waals surface area contributed by atoms with Gasteiger partial charge in [-0.2, -0.15) is 0 Å². The highest BCUT2D eigenvalue weighted by Gasteiger charge is 2.31. The number of fused-ring (bicyclic) bond motifs is 1. The van der Waals surface area contributed by atoms with E-state index in [4.69, 9.17) is 9.47 Å². The Morgan fingerprint density at radius 1 is 1.16 bits per heavy atom. The molecule has 0 amide bonds. The van der Waals surface area contributed by atoms with Crippen LogP contribution in [0.2, 0.25) is 0 Å². The van der Waals surface area contributed by atoms with E-state index in [1.165, 1.54) is 41.2 Å². The zero-order valence-corrected chi connectivity index (χ0v) is 13.4. The number of ether oxygens (including phenoxy) is 2. The number of hydrogen-bond acceptors (Lipinski definition) is 2. The largest absolute Gasteiger partial charge is 0.464 e. The van der Waals surface area contributed by atoms with E-state index in [1.807, 2.05) is 6.07 Å². The van der Waals surface area contributed by atoms with Crippen LogP contribution in [0.3, 0.4) is 0 Å². The van der Waals surface area contributed by atoms with Gasteiger partial charge >= 0.3 is 0 Å². The van der Waals surface area contributed by atoms with Crippen LogP contribution in [0.4, 0.5) is 0 Å². The molecule has 3 rings (SSSR count). The normalized spacial score (nSPS) is 24.0. The van der Waals surface area contributed by atoms with Gasteiger partial charge in [0.1, 0.15) is 5.76 Å². The van der Waals surface area contributed by atoms with Crippen LogP contribution in [0.25, 0.3) is 3.58 Å². The van der Waals surface area contributed by atoms with E-state index in [0.717, 1.165) is 11.3 Å². The number of benzene rings is 1. The predicted octanol–water partition coefficient (Wildman–Crippen LogP) is 5.05. The van der Waals surface area contributed by atoms with Crippen molar-refractivity contribution in [3.63, 3.8) is 0 Å². The van der Waals surface area contributed by atoms with Crippen LogP contribution in [0, 0.1) is 5.92 Å². The minimum absolute atomic E-state index is 0.244. The van der Waals surface area contributed by atoms with Crippen LogP contribution in [-0.2, 0) is 9.47 Å². The van der Waals surface area contributed by atoms with Crippen LogP contribution < -0.4 is 0 Å². The fourth-order valence-electron chi connectivity index (χ4n) is 3.08. The van der Waals surface area contributed by atoms with Crippen molar-refractivity contribution in [2.75, 3.05) is 7.11 Å². The van der Waals surface area contributed by atoms with Crippen molar-refractivity contribution in [3.8, 4) is 0 Å². The molecule has 1 atom stereocenters. The van der Waals surface area contributed by atoms with Gasteiger partial charge in [0.2, 0.25) is 6.29 Å². The fraction of sp³-hybridized carbons (Fsp3) is 0.500. The average Bonchev–Trinajstić information content (AvgIpc) is 2.49. The van der Waals surface area contributed by atoms with Crippen molar-refractivity contribution < 1.29 is 9.47 Å². The van der Waals surface area contributed by atoms with Gasteiger partial charge in [-0.15, -0.1) is 0 Å². The van der Waals surface area contributed by atoms with Gasteiger partial charge in [-0.1, -0.05) is 43.5 Å². The number of rotatable bonds is 2. The summed E-state index contributed by atoms with van der Waals surface area (Å²) in [7, 11) is 1.72. The van der Waals surface area contributed by atoms with Crippen LogP contribution >= 0.6 is 22.6 Å². The molecular formula is C16H19IO2. The topological polar surface area (TPSA) is 18.5 Å². The first-order chi connectivity index (χ1) is 9.31. The highest BCUT2D eigenvalue weighted by Crippen LogP contribution is 2.45. The van der Waals surface area contributed by atoms with Crippen LogP contribution in [0.1, 0.15) is 49.5 Å². The monoisotopic (exact) mass is 370 g/mol. The lowest BCUT2D eigenvalue weighted by molar-refractivity contribution is -0.108. The lowest BCUT2D eigenvalue weighted by atomic mass is 9.86. The first kappa shape index (κ1) is 13.4. The summed E-state index contributed by atoms with van der Waals surface area (Å²) in [5.74, 6) is 1.73. The molecule has 1 aromatic carbocycles. The first-order valence-corrected chi connectivity index (χ1v) is 8.07. The maximum atomic E-state index is 6.16. The molecule has 1 unspecified atom stereocenters. The van der Waals surface area contributed by atoms with Gasteiger partial charge in [0.25, 0.3) is 0 Å². The van der Waals surface area contributed by atoms with Crippen molar-refractivity contribution >= 4 is 26.2 Å². The van der Waals surface area contributed by atoms with E-state index in [-0.39, 0.29) is 6.29 Å². The lowest BCUT2D eigenvalue weighted by Gasteiger charge is -2.33. The Morgan fingerprint density at radius 2 is 1.89 bits per heavy atom. The molecule has 2 nitrogen and oxygen atoms in total. The second-order valence-electron chi connectivity index (χ2n) is 5.29. The minimum Gasteiger partial charge on any atom is -0.464 e. The third-order valence-corrected chi connectivity index (χ3v) is 5.20. The minimum atomic E-state index is -0.244. The molecule has 3 heteroatoms. The summed E-state index contributed by atoms with van der Waals surface area (Å²) in [5.41, 5.74) is 2.43. The average molecular weight is 370 g/mol. The van der Waals surface area contributed by atoms with Gasteiger partial charge in [0.15, 0.2) is 0 Å². The molecule has 0 saturated heterocycles. The van der Waals surface area contributed by atoms with E-state index in [2.05, 4.69) is 40.8 Å². The summed E-state index contributed by atoms with van der Waals surface area (Å²) in [4.78, 5) is 0. The Balaban J connectivity index is 2.00. The number of methoxy groups -OCH3 is 1. The first-order valence-electron chi connectivity index (χ1n) is 6.99. The van der Waals surface area contributed by atoms with E-state index >= 15 is 0 Å². The Bertz CT molecular complexity index is 489.